The van der Waals surface area contributed by atoms with Crippen LogP contribution in [0.4, 0.5) is 21.9 Å². The van der Waals surface area contributed by atoms with Gasteiger partial charge in [-0.05, 0) is 35.2 Å². The van der Waals surface area contributed by atoms with E-state index in [9.17, 15) is 13.2 Å². The number of ether oxygens (including phenoxy) is 2. The minimum Gasteiger partial charge on any atom is -0.496 e. The molecule has 9 heteroatoms. The number of urea groups is 1. The molecule has 0 aliphatic heterocycles. The fourth-order valence-corrected chi connectivity index (χ4v) is 4.04. The summed E-state index contributed by atoms with van der Waals surface area (Å²) in [5.41, 5.74) is 1.70. The molecule has 0 radical (unpaired) electrons. The van der Waals surface area contributed by atoms with Gasteiger partial charge in [0.2, 0.25) is 10.0 Å². The van der Waals surface area contributed by atoms with Gasteiger partial charge in [0.05, 0.1) is 37.5 Å². The van der Waals surface area contributed by atoms with Gasteiger partial charge in [-0.3, -0.25) is 4.72 Å². The highest BCUT2D eigenvalue weighted by molar-refractivity contribution is 7.92. The summed E-state index contributed by atoms with van der Waals surface area (Å²) in [4.78, 5) is 13.0. The molecule has 3 aromatic rings. The standard InChI is InChI=1S/C24H29N3O5S/c1-24(2,3)15-13-19(22(32-5)20(14-15)27-33(6,29)30)26-23(28)25-18-11-12-21(31-4)17-10-8-7-9-16(17)18/h7-14,27H,1-6H3,(H2,25,26,28). The maximum absolute atomic E-state index is 13.0. The molecule has 0 saturated heterocycles. The molecule has 0 aliphatic rings. The van der Waals surface area contributed by atoms with Crippen molar-refractivity contribution in [2.45, 2.75) is 26.2 Å². The van der Waals surface area contributed by atoms with Crippen LogP contribution in [0, 0.1) is 0 Å². The molecule has 0 spiro atoms. The van der Waals surface area contributed by atoms with Crippen LogP contribution in [0.3, 0.4) is 0 Å². The first-order valence-corrected chi connectivity index (χ1v) is 12.2. The SMILES string of the molecule is COc1c(NC(=O)Nc2ccc(OC)c3ccccc23)cc(C(C)(C)C)cc1NS(C)(=O)=O. The lowest BCUT2D eigenvalue weighted by Crippen LogP contribution is -2.22. The molecule has 33 heavy (non-hydrogen) atoms. The van der Waals surface area contributed by atoms with Gasteiger partial charge in [-0.15, -0.1) is 0 Å². The van der Waals surface area contributed by atoms with Crippen LogP contribution in [-0.4, -0.2) is 34.9 Å². The molecule has 0 atom stereocenters. The van der Waals surface area contributed by atoms with Crippen LogP contribution in [0.1, 0.15) is 26.3 Å². The van der Waals surface area contributed by atoms with Crippen LogP contribution in [0.5, 0.6) is 11.5 Å². The van der Waals surface area contributed by atoms with Crippen molar-refractivity contribution >= 4 is 43.9 Å². The van der Waals surface area contributed by atoms with Crippen LogP contribution in [0.25, 0.3) is 10.8 Å². The van der Waals surface area contributed by atoms with Gasteiger partial charge in [-0.25, -0.2) is 13.2 Å². The number of anilines is 3. The lowest BCUT2D eigenvalue weighted by atomic mass is 9.86. The normalized spacial score (nSPS) is 11.7. The molecular formula is C24H29N3O5S. The first kappa shape index (κ1) is 24.2. The number of hydrogen-bond donors (Lipinski definition) is 3. The minimum absolute atomic E-state index is 0.211. The molecule has 0 bridgehead atoms. The number of nitrogens with one attached hydrogen (secondary N) is 3. The zero-order chi connectivity index (χ0) is 24.4. The molecule has 0 unspecified atom stereocenters. The van der Waals surface area contributed by atoms with Crippen LogP contribution in [0.2, 0.25) is 0 Å². The maximum Gasteiger partial charge on any atom is 0.323 e. The van der Waals surface area contributed by atoms with E-state index in [0.717, 1.165) is 22.6 Å². The molecular weight excluding hydrogens is 442 g/mol. The Kier molecular flexibility index (Phi) is 6.73. The molecule has 3 rings (SSSR count). The van der Waals surface area contributed by atoms with Crippen molar-refractivity contribution in [1.29, 1.82) is 0 Å². The molecule has 0 aromatic heterocycles. The van der Waals surface area contributed by atoms with Crippen molar-refractivity contribution in [3.05, 3.63) is 54.1 Å². The third-order valence-electron chi connectivity index (χ3n) is 5.05. The Morgan fingerprint density at radius 2 is 1.45 bits per heavy atom. The van der Waals surface area contributed by atoms with Gasteiger partial charge in [0, 0.05) is 10.8 Å². The number of amides is 2. The topological polar surface area (TPSA) is 106 Å². The van der Waals surface area contributed by atoms with Crippen molar-refractivity contribution in [3.63, 3.8) is 0 Å². The number of hydrogen-bond acceptors (Lipinski definition) is 5. The summed E-state index contributed by atoms with van der Waals surface area (Å²) in [5.74, 6) is 0.913. The Hall–Kier alpha value is -3.46. The highest BCUT2D eigenvalue weighted by Crippen LogP contribution is 2.39. The summed E-state index contributed by atoms with van der Waals surface area (Å²) in [7, 11) is -0.555. The first-order valence-electron chi connectivity index (χ1n) is 10.3. The van der Waals surface area contributed by atoms with Crippen molar-refractivity contribution in [2.75, 3.05) is 35.8 Å². The summed E-state index contributed by atoms with van der Waals surface area (Å²) in [6.45, 7) is 5.98. The zero-order valence-electron chi connectivity index (χ0n) is 19.6. The maximum atomic E-state index is 13.0. The van der Waals surface area contributed by atoms with Crippen LogP contribution >= 0.6 is 0 Å². The van der Waals surface area contributed by atoms with Gasteiger partial charge in [0.1, 0.15) is 5.75 Å². The molecule has 0 fully saturated rings. The summed E-state index contributed by atoms with van der Waals surface area (Å²) >= 11 is 0. The fourth-order valence-electron chi connectivity index (χ4n) is 3.48. The first-order chi connectivity index (χ1) is 15.4. The lowest BCUT2D eigenvalue weighted by Gasteiger charge is -2.24. The van der Waals surface area contributed by atoms with Gasteiger partial charge in [0.15, 0.2) is 5.75 Å². The molecule has 3 N–H and O–H groups in total. The van der Waals surface area contributed by atoms with Crippen LogP contribution in [0.15, 0.2) is 48.5 Å². The van der Waals surface area contributed by atoms with Crippen LogP contribution < -0.4 is 24.8 Å². The predicted molar refractivity (Wildman–Crippen MR) is 133 cm³/mol. The molecule has 8 nitrogen and oxygen atoms in total. The smallest absolute Gasteiger partial charge is 0.323 e. The van der Waals surface area contributed by atoms with Gasteiger partial charge < -0.3 is 20.1 Å². The number of benzene rings is 3. The number of sulfonamides is 1. The minimum atomic E-state index is -3.57. The summed E-state index contributed by atoms with van der Waals surface area (Å²) < 4.78 is 37.2. The summed E-state index contributed by atoms with van der Waals surface area (Å²) in [5, 5.41) is 7.35. The van der Waals surface area contributed by atoms with E-state index in [1.807, 2.05) is 45.0 Å². The van der Waals surface area contributed by atoms with E-state index in [4.69, 9.17) is 9.47 Å². The number of fused-ring (bicyclic) bond motifs is 1. The molecule has 0 heterocycles. The van der Waals surface area contributed by atoms with Crippen molar-refractivity contribution in [3.8, 4) is 11.5 Å². The molecule has 176 valence electrons. The zero-order valence-corrected chi connectivity index (χ0v) is 20.4. The Morgan fingerprint density at radius 1 is 0.848 bits per heavy atom. The van der Waals surface area contributed by atoms with E-state index in [1.165, 1.54) is 7.11 Å². The third kappa shape index (κ3) is 5.67. The quantitative estimate of drug-likeness (QED) is 0.460. The summed E-state index contributed by atoms with van der Waals surface area (Å²) in [6, 6.07) is 14.1. The predicted octanol–water partition coefficient (Wildman–Crippen LogP) is 5.17. The largest absolute Gasteiger partial charge is 0.496 e. The van der Waals surface area contributed by atoms with Crippen LogP contribution in [-0.2, 0) is 15.4 Å². The molecule has 3 aromatic carbocycles. The summed E-state index contributed by atoms with van der Waals surface area (Å²) in [6.07, 6.45) is 1.06. The van der Waals surface area contributed by atoms with E-state index in [1.54, 1.807) is 31.4 Å². The van der Waals surface area contributed by atoms with Crippen molar-refractivity contribution in [1.82, 2.24) is 0 Å². The van der Waals surface area contributed by atoms with E-state index in [-0.39, 0.29) is 16.9 Å². The van der Waals surface area contributed by atoms with Gasteiger partial charge in [-0.1, -0.05) is 45.0 Å². The van der Waals surface area contributed by atoms with Gasteiger partial charge in [-0.2, -0.15) is 0 Å². The Morgan fingerprint density at radius 3 is 2.03 bits per heavy atom. The van der Waals surface area contributed by atoms with Gasteiger partial charge in [0.25, 0.3) is 0 Å². The monoisotopic (exact) mass is 471 g/mol. The second-order valence-corrected chi connectivity index (χ2v) is 10.4. The third-order valence-corrected chi connectivity index (χ3v) is 5.65. The van der Waals surface area contributed by atoms with Crippen molar-refractivity contribution < 1.29 is 22.7 Å². The van der Waals surface area contributed by atoms with Crippen molar-refractivity contribution in [2.24, 2.45) is 0 Å². The van der Waals surface area contributed by atoms with E-state index < -0.39 is 16.1 Å². The highest BCUT2D eigenvalue weighted by Gasteiger charge is 2.22. The van der Waals surface area contributed by atoms with Gasteiger partial charge >= 0.3 is 6.03 Å². The Balaban J connectivity index is 2.00. The lowest BCUT2D eigenvalue weighted by molar-refractivity contribution is 0.262. The second kappa shape index (κ2) is 9.19. The molecule has 2 amide bonds. The fraction of sp³-hybridized carbons (Fsp3) is 0.292. The second-order valence-electron chi connectivity index (χ2n) is 8.67. The average Bonchev–Trinajstić information content (AvgIpc) is 2.72. The molecule has 0 saturated carbocycles. The van der Waals surface area contributed by atoms with E-state index in [2.05, 4.69) is 15.4 Å². The number of carbonyl (C=O) groups excluding carboxylic acids is 1. The number of methoxy groups -OCH3 is 2. The van der Waals surface area contributed by atoms with E-state index in [0.29, 0.717) is 17.1 Å². The van der Waals surface area contributed by atoms with E-state index >= 15 is 0 Å². The number of rotatable bonds is 6. The Bertz CT molecular complexity index is 1300. The highest BCUT2D eigenvalue weighted by atomic mass is 32.2. The molecule has 0 aliphatic carbocycles. The average molecular weight is 472 g/mol. The Labute approximate surface area is 194 Å². The number of carbonyl (C=O) groups is 1.